The molecule has 0 aliphatic carbocycles. The van der Waals surface area contributed by atoms with E-state index in [1.807, 2.05) is 0 Å². The molecule has 0 bridgehead atoms. The monoisotopic (exact) mass is 303 g/mol. The highest BCUT2D eigenvalue weighted by Gasteiger charge is 2.30. The molecule has 1 nitrogen and oxygen atoms in total. The second-order valence-corrected chi connectivity index (χ2v) is 3.90. The number of alkyl halides is 3. The van der Waals surface area contributed by atoms with E-state index >= 15 is 0 Å². The quantitative estimate of drug-likeness (QED) is 0.883. The summed E-state index contributed by atoms with van der Waals surface area (Å²) in [5, 5.41) is 0. The summed E-state index contributed by atoms with van der Waals surface area (Å²) < 4.78 is 36.7. The van der Waals surface area contributed by atoms with Crippen LogP contribution in [0.4, 0.5) is 13.2 Å². The molecule has 0 saturated heterocycles. The minimum atomic E-state index is -4.22. The molecular weight excluding hydrogens is 294 g/mol. The number of rotatable bonds is 2. The molecule has 6 heteroatoms. The van der Waals surface area contributed by atoms with E-state index in [2.05, 4.69) is 15.9 Å². The second kappa shape index (κ2) is 5.72. The standard InChI is InChI=1S/C9H9BrF3N.ClH/c10-7-3-1-2-6(4-7)8(14)5-9(11,12)13;/h1-4,8H,5,14H2;1H/t8-;/m1./s1. The summed E-state index contributed by atoms with van der Waals surface area (Å²) in [5.41, 5.74) is 5.89. The van der Waals surface area contributed by atoms with Crippen LogP contribution < -0.4 is 5.73 Å². The van der Waals surface area contributed by atoms with Gasteiger partial charge in [0.05, 0.1) is 6.42 Å². The minimum absolute atomic E-state index is 0. The first-order valence-electron chi connectivity index (χ1n) is 3.96. The SMILES string of the molecule is Cl.N[C@H](CC(F)(F)F)c1cccc(Br)c1. The van der Waals surface area contributed by atoms with Crippen molar-refractivity contribution in [3.8, 4) is 0 Å². The van der Waals surface area contributed by atoms with Gasteiger partial charge < -0.3 is 5.73 Å². The Morgan fingerprint density at radius 3 is 2.40 bits per heavy atom. The van der Waals surface area contributed by atoms with Crippen LogP contribution in [0.3, 0.4) is 0 Å². The van der Waals surface area contributed by atoms with Crippen molar-refractivity contribution in [1.82, 2.24) is 0 Å². The van der Waals surface area contributed by atoms with E-state index in [-0.39, 0.29) is 12.4 Å². The third-order valence-corrected chi connectivity index (χ3v) is 2.22. The van der Waals surface area contributed by atoms with Gasteiger partial charge in [0.2, 0.25) is 0 Å². The van der Waals surface area contributed by atoms with Crippen molar-refractivity contribution in [2.45, 2.75) is 18.6 Å². The van der Waals surface area contributed by atoms with E-state index in [4.69, 9.17) is 5.73 Å². The largest absolute Gasteiger partial charge is 0.390 e. The summed E-state index contributed by atoms with van der Waals surface area (Å²) >= 11 is 3.17. The molecule has 1 rings (SSSR count). The predicted molar refractivity (Wildman–Crippen MR) is 59.0 cm³/mol. The number of hydrogen-bond acceptors (Lipinski definition) is 1. The van der Waals surface area contributed by atoms with Crippen LogP contribution >= 0.6 is 28.3 Å². The van der Waals surface area contributed by atoms with Crippen molar-refractivity contribution in [2.75, 3.05) is 0 Å². The van der Waals surface area contributed by atoms with Crippen molar-refractivity contribution in [3.05, 3.63) is 34.3 Å². The first kappa shape index (κ1) is 14.7. The zero-order chi connectivity index (χ0) is 10.8. The molecule has 0 amide bonds. The molecule has 0 radical (unpaired) electrons. The maximum absolute atomic E-state index is 12.0. The first-order valence-corrected chi connectivity index (χ1v) is 4.75. The van der Waals surface area contributed by atoms with E-state index in [0.29, 0.717) is 5.56 Å². The third-order valence-electron chi connectivity index (χ3n) is 1.73. The molecule has 15 heavy (non-hydrogen) atoms. The predicted octanol–water partition coefficient (Wildman–Crippen LogP) is 3.82. The van der Waals surface area contributed by atoms with Gasteiger partial charge in [-0.05, 0) is 17.7 Å². The van der Waals surface area contributed by atoms with Gasteiger partial charge in [-0.1, -0.05) is 28.1 Å². The molecule has 0 aliphatic rings. The summed E-state index contributed by atoms with van der Waals surface area (Å²) in [4.78, 5) is 0. The molecule has 0 fully saturated rings. The molecule has 86 valence electrons. The van der Waals surface area contributed by atoms with Gasteiger partial charge in [0.25, 0.3) is 0 Å². The molecule has 1 atom stereocenters. The van der Waals surface area contributed by atoms with Gasteiger partial charge in [-0.15, -0.1) is 12.4 Å². The molecule has 1 aromatic rings. The number of nitrogens with two attached hydrogens (primary N) is 1. The summed E-state index contributed by atoms with van der Waals surface area (Å²) in [5.74, 6) is 0. The lowest BCUT2D eigenvalue weighted by Gasteiger charge is -2.14. The van der Waals surface area contributed by atoms with Crippen molar-refractivity contribution >= 4 is 28.3 Å². The van der Waals surface area contributed by atoms with Crippen molar-refractivity contribution in [1.29, 1.82) is 0 Å². The summed E-state index contributed by atoms with van der Waals surface area (Å²) in [7, 11) is 0. The van der Waals surface area contributed by atoms with Gasteiger partial charge in [-0.2, -0.15) is 13.2 Å². The molecule has 1 aromatic carbocycles. The van der Waals surface area contributed by atoms with Crippen LogP contribution in [0.1, 0.15) is 18.0 Å². The molecule has 0 spiro atoms. The molecule has 0 heterocycles. The summed E-state index contributed by atoms with van der Waals surface area (Å²) in [6.07, 6.45) is -5.22. The number of hydrogen-bond donors (Lipinski definition) is 1. The molecule has 0 unspecified atom stereocenters. The average molecular weight is 305 g/mol. The van der Waals surface area contributed by atoms with E-state index in [1.54, 1.807) is 24.3 Å². The fraction of sp³-hybridized carbons (Fsp3) is 0.333. The van der Waals surface area contributed by atoms with E-state index < -0.39 is 18.6 Å². The van der Waals surface area contributed by atoms with Gasteiger partial charge in [0.1, 0.15) is 0 Å². The number of halogens is 5. The maximum Gasteiger partial charge on any atom is 0.390 e. The highest BCUT2D eigenvalue weighted by atomic mass is 79.9. The Hall–Kier alpha value is -0.260. The molecule has 2 N–H and O–H groups in total. The van der Waals surface area contributed by atoms with Crippen LogP contribution in [0.25, 0.3) is 0 Å². The highest BCUT2D eigenvalue weighted by Crippen LogP contribution is 2.28. The maximum atomic E-state index is 12.0. The Bertz CT molecular complexity index is 316. The van der Waals surface area contributed by atoms with Gasteiger partial charge in [0.15, 0.2) is 0 Å². The Morgan fingerprint density at radius 2 is 1.93 bits per heavy atom. The average Bonchev–Trinajstić information content (AvgIpc) is 2.01. The third kappa shape index (κ3) is 5.39. The lowest BCUT2D eigenvalue weighted by molar-refractivity contribution is -0.138. The smallest absolute Gasteiger partial charge is 0.324 e. The topological polar surface area (TPSA) is 26.0 Å². The van der Waals surface area contributed by atoms with Gasteiger partial charge in [0, 0.05) is 10.5 Å². The van der Waals surface area contributed by atoms with Crippen LogP contribution in [0, 0.1) is 0 Å². The molecule has 0 aliphatic heterocycles. The normalized spacial score (nSPS) is 13.1. The molecule has 0 saturated carbocycles. The lowest BCUT2D eigenvalue weighted by atomic mass is 10.1. The fourth-order valence-electron chi connectivity index (χ4n) is 1.10. The Balaban J connectivity index is 0.00000196. The van der Waals surface area contributed by atoms with E-state index in [0.717, 1.165) is 4.47 Å². The van der Waals surface area contributed by atoms with Crippen LogP contribution in [-0.2, 0) is 0 Å². The van der Waals surface area contributed by atoms with Crippen molar-refractivity contribution in [3.63, 3.8) is 0 Å². The van der Waals surface area contributed by atoms with Crippen LogP contribution in [0.2, 0.25) is 0 Å². The lowest BCUT2D eigenvalue weighted by Crippen LogP contribution is -2.20. The van der Waals surface area contributed by atoms with Crippen molar-refractivity contribution in [2.24, 2.45) is 5.73 Å². The van der Waals surface area contributed by atoms with Crippen molar-refractivity contribution < 1.29 is 13.2 Å². The van der Waals surface area contributed by atoms with Crippen LogP contribution in [0.5, 0.6) is 0 Å². The van der Waals surface area contributed by atoms with Gasteiger partial charge in [-0.3, -0.25) is 0 Å². The van der Waals surface area contributed by atoms with E-state index in [1.165, 1.54) is 0 Å². The Kier molecular flexibility index (Phi) is 5.62. The second-order valence-electron chi connectivity index (χ2n) is 2.98. The zero-order valence-electron chi connectivity index (χ0n) is 7.59. The van der Waals surface area contributed by atoms with Gasteiger partial charge in [-0.25, -0.2) is 0 Å². The van der Waals surface area contributed by atoms with Crippen LogP contribution in [0.15, 0.2) is 28.7 Å². The minimum Gasteiger partial charge on any atom is -0.324 e. The van der Waals surface area contributed by atoms with Gasteiger partial charge >= 0.3 is 6.18 Å². The van der Waals surface area contributed by atoms with Crippen LogP contribution in [-0.4, -0.2) is 6.18 Å². The molecule has 0 aromatic heterocycles. The molecular formula is C9H10BrClF3N. The Labute approximate surface area is 100 Å². The highest BCUT2D eigenvalue weighted by molar-refractivity contribution is 9.10. The first-order chi connectivity index (χ1) is 6.38. The number of benzene rings is 1. The summed E-state index contributed by atoms with van der Waals surface area (Å²) in [6.45, 7) is 0. The Morgan fingerprint density at radius 1 is 1.33 bits per heavy atom. The zero-order valence-corrected chi connectivity index (χ0v) is 9.99. The summed E-state index contributed by atoms with van der Waals surface area (Å²) in [6, 6.07) is 5.59. The van der Waals surface area contributed by atoms with E-state index in [9.17, 15) is 13.2 Å². The fourth-order valence-corrected chi connectivity index (χ4v) is 1.52.